The molecule has 0 amide bonds. The number of amidine groups is 1. The van der Waals surface area contributed by atoms with E-state index in [9.17, 15) is 0 Å². The first-order valence-electron chi connectivity index (χ1n) is 3.28. The summed E-state index contributed by atoms with van der Waals surface area (Å²) in [6.45, 7) is 0.621. The van der Waals surface area contributed by atoms with Crippen LogP contribution in [0.15, 0.2) is 29.4 Å². The van der Waals surface area contributed by atoms with E-state index in [-0.39, 0.29) is 0 Å². The molecular weight excluding hydrogens is 142 g/mol. The number of aliphatic imine (C=N–C) groups is 1. The quantitative estimate of drug-likeness (QED) is 0.441. The number of hydrazine groups is 1. The molecule has 4 N–H and O–H groups in total. The molecule has 0 spiro atoms. The average Bonchev–Trinajstić information content (AvgIpc) is 2.32. The third-order valence-corrected chi connectivity index (χ3v) is 1.64. The van der Waals surface area contributed by atoms with E-state index in [4.69, 9.17) is 11.6 Å². The van der Waals surface area contributed by atoms with E-state index in [1.54, 1.807) is 12.4 Å². The third kappa shape index (κ3) is 0.857. The number of hydrogen-bond acceptors (Lipinski definition) is 5. The molecule has 5 nitrogen and oxygen atoms in total. The normalized spacial score (nSPS) is 21.5. The largest absolute Gasteiger partial charge is 0.386 e. The van der Waals surface area contributed by atoms with Crippen LogP contribution >= 0.6 is 0 Å². The second-order valence-corrected chi connectivity index (χ2v) is 2.44. The van der Waals surface area contributed by atoms with Crippen LogP contribution in [0.25, 0.3) is 0 Å². The maximum absolute atomic E-state index is 5.56. The molecule has 58 valence electrons. The Balaban J connectivity index is 2.31. The van der Waals surface area contributed by atoms with Gasteiger partial charge in [0, 0.05) is 12.4 Å². The molecule has 0 aromatic rings. The summed E-state index contributed by atoms with van der Waals surface area (Å²) in [5.41, 5.74) is 5.51. The van der Waals surface area contributed by atoms with Crippen LogP contribution in [0.1, 0.15) is 0 Å². The molecule has 0 fully saturated rings. The van der Waals surface area contributed by atoms with Gasteiger partial charge in [-0.15, -0.1) is 0 Å². The van der Waals surface area contributed by atoms with Crippen LogP contribution in [-0.2, 0) is 0 Å². The molecule has 0 unspecified atom stereocenters. The highest BCUT2D eigenvalue weighted by Gasteiger charge is 2.20. The number of rotatable bonds is 0. The maximum atomic E-state index is 5.56. The van der Waals surface area contributed by atoms with Crippen LogP contribution in [0.3, 0.4) is 0 Å². The highest BCUT2D eigenvalue weighted by atomic mass is 15.5. The Kier molecular flexibility index (Phi) is 1.13. The first-order chi connectivity index (χ1) is 5.27. The van der Waals surface area contributed by atoms with Crippen LogP contribution in [0.2, 0.25) is 0 Å². The first-order valence-corrected chi connectivity index (χ1v) is 3.28. The summed E-state index contributed by atoms with van der Waals surface area (Å²) in [7, 11) is 0. The van der Waals surface area contributed by atoms with Crippen molar-refractivity contribution in [3.05, 3.63) is 24.4 Å². The van der Waals surface area contributed by atoms with Gasteiger partial charge in [-0.25, -0.2) is 10.8 Å². The zero-order valence-corrected chi connectivity index (χ0v) is 5.94. The number of fused-ring (bicyclic) bond motifs is 1. The molecule has 0 saturated carbocycles. The summed E-state index contributed by atoms with van der Waals surface area (Å²) >= 11 is 0. The van der Waals surface area contributed by atoms with Crippen molar-refractivity contribution in [1.29, 1.82) is 0 Å². The molecular formula is C6H9N5. The van der Waals surface area contributed by atoms with E-state index in [0.717, 1.165) is 5.82 Å². The van der Waals surface area contributed by atoms with Gasteiger partial charge in [0.1, 0.15) is 11.7 Å². The predicted octanol–water partition coefficient (Wildman–Crippen LogP) is -0.881. The Bertz CT molecular complexity index is 264. The lowest BCUT2D eigenvalue weighted by Crippen LogP contribution is -2.36. The third-order valence-electron chi connectivity index (χ3n) is 1.64. The van der Waals surface area contributed by atoms with Crippen molar-refractivity contribution in [3.63, 3.8) is 0 Å². The Hall–Kier alpha value is -1.49. The van der Waals surface area contributed by atoms with Crippen molar-refractivity contribution in [2.75, 3.05) is 6.54 Å². The fourth-order valence-corrected chi connectivity index (χ4v) is 1.08. The lowest BCUT2D eigenvalue weighted by molar-refractivity contribution is 0.385. The molecule has 0 bridgehead atoms. The zero-order chi connectivity index (χ0) is 7.84. The minimum atomic E-state index is 0.605. The molecule has 0 aliphatic carbocycles. The van der Waals surface area contributed by atoms with E-state index in [2.05, 4.69) is 4.99 Å². The minimum absolute atomic E-state index is 0.605. The summed E-state index contributed by atoms with van der Waals surface area (Å²) < 4.78 is 0. The van der Waals surface area contributed by atoms with Gasteiger partial charge in [0.15, 0.2) is 0 Å². The van der Waals surface area contributed by atoms with Gasteiger partial charge in [0.25, 0.3) is 0 Å². The molecule has 0 saturated heterocycles. The molecule has 11 heavy (non-hydrogen) atoms. The van der Waals surface area contributed by atoms with Crippen LogP contribution in [0.5, 0.6) is 0 Å². The molecule has 2 heterocycles. The van der Waals surface area contributed by atoms with Crippen molar-refractivity contribution >= 4 is 5.84 Å². The summed E-state index contributed by atoms with van der Waals surface area (Å²) in [5.74, 6) is 7.03. The van der Waals surface area contributed by atoms with E-state index < -0.39 is 0 Å². The second-order valence-electron chi connectivity index (χ2n) is 2.44. The first kappa shape index (κ1) is 6.23. The van der Waals surface area contributed by atoms with Crippen LogP contribution < -0.4 is 11.6 Å². The van der Waals surface area contributed by atoms with Crippen molar-refractivity contribution in [3.8, 4) is 0 Å². The number of hydrogen-bond donors (Lipinski definition) is 2. The molecule has 0 aromatic heterocycles. The van der Waals surface area contributed by atoms with Gasteiger partial charge in [0.2, 0.25) is 0 Å². The van der Waals surface area contributed by atoms with Gasteiger partial charge >= 0.3 is 0 Å². The van der Waals surface area contributed by atoms with Crippen molar-refractivity contribution in [2.24, 2.45) is 16.6 Å². The monoisotopic (exact) mass is 151 g/mol. The maximum Gasteiger partial charge on any atom is 0.146 e. The summed E-state index contributed by atoms with van der Waals surface area (Å²) in [5, 5.41) is 1.51. The predicted molar refractivity (Wildman–Crippen MR) is 41.6 cm³/mol. The Morgan fingerprint density at radius 2 is 2.27 bits per heavy atom. The van der Waals surface area contributed by atoms with E-state index in [1.807, 2.05) is 11.1 Å². The van der Waals surface area contributed by atoms with Crippen molar-refractivity contribution in [2.45, 2.75) is 0 Å². The number of nitrogens with zero attached hydrogens (tertiary/aromatic N) is 3. The smallest absolute Gasteiger partial charge is 0.146 e. The van der Waals surface area contributed by atoms with Gasteiger partial charge in [-0.3, -0.25) is 5.01 Å². The zero-order valence-electron chi connectivity index (χ0n) is 5.94. The molecule has 5 heteroatoms. The second kappa shape index (κ2) is 2.00. The molecule has 0 radical (unpaired) electrons. The SMILES string of the molecule is NC1=NC=C2N(N)C=CN2C1. The van der Waals surface area contributed by atoms with Gasteiger partial charge in [-0.05, 0) is 0 Å². The topological polar surface area (TPSA) is 70.9 Å². The van der Waals surface area contributed by atoms with Gasteiger partial charge in [0.05, 0.1) is 12.7 Å². The average molecular weight is 151 g/mol. The van der Waals surface area contributed by atoms with Crippen molar-refractivity contribution in [1.82, 2.24) is 9.91 Å². The number of nitrogens with two attached hydrogens (primary N) is 2. The standard InChI is InChI=1S/C6H9N5/c7-5-4-10-1-2-11(8)6(10)3-9-5/h1-3H,4,8H2,(H2,7,9). The van der Waals surface area contributed by atoms with E-state index in [1.165, 1.54) is 5.01 Å². The van der Waals surface area contributed by atoms with E-state index >= 15 is 0 Å². The molecule has 2 aliphatic heterocycles. The Labute approximate surface area is 64.2 Å². The van der Waals surface area contributed by atoms with Crippen LogP contribution in [-0.4, -0.2) is 22.3 Å². The molecule has 0 atom stereocenters. The minimum Gasteiger partial charge on any atom is -0.386 e. The van der Waals surface area contributed by atoms with Crippen LogP contribution in [0.4, 0.5) is 0 Å². The highest BCUT2D eigenvalue weighted by molar-refractivity contribution is 5.84. The molecule has 0 aromatic carbocycles. The Morgan fingerprint density at radius 1 is 1.45 bits per heavy atom. The van der Waals surface area contributed by atoms with Crippen molar-refractivity contribution < 1.29 is 0 Å². The van der Waals surface area contributed by atoms with Crippen LogP contribution in [0, 0.1) is 0 Å². The highest BCUT2D eigenvalue weighted by Crippen LogP contribution is 2.17. The van der Waals surface area contributed by atoms with Gasteiger partial charge < -0.3 is 10.6 Å². The summed E-state index contributed by atoms with van der Waals surface area (Å²) in [6.07, 6.45) is 5.28. The molecule has 2 aliphatic rings. The summed E-state index contributed by atoms with van der Waals surface area (Å²) in [4.78, 5) is 5.88. The van der Waals surface area contributed by atoms with Gasteiger partial charge in [-0.1, -0.05) is 0 Å². The lowest BCUT2D eigenvalue weighted by atomic mass is 10.4. The molecule has 2 rings (SSSR count). The van der Waals surface area contributed by atoms with E-state index in [0.29, 0.717) is 12.4 Å². The fraction of sp³-hybridized carbons (Fsp3) is 0.167. The van der Waals surface area contributed by atoms with Gasteiger partial charge in [-0.2, -0.15) is 0 Å². The lowest BCUT2D eigenvalue weighted by Gasteiger charge is -2.23. The fourth-order valence-electron chi connectivity index (χ4n) is 1.08. The Morgan fingerprint density at radius 3 is 3.09 bits per heavy atom. The summed E-state index contributed by atoms with van der Waals surface area (Å²) in [6, 6.07) is 0.